The smallest absolute Gasteiger partial charge is 0.389 e. The minimum atomic E-state index is -4.46. The summed E-state index contributed by atoms with van der Waals surface area (Å²) < 4.78 is 44.0. The van der Waals surface area contributed by atoms with Gasteiger partial charge in [-0.1, -0.05) is 11.3 Å². The van der Waals surface area contributed by atoms with Crippen molar-refractivity contribution in [2.24, 2.45) is 5.90 Å². The van der Waals surface area contributed by atoms with E-state index in [1.165, 1.54) is 7.11 Å². The molecule has 1 aromatic heterocycles. The Bertz CT molecular complexity index is 502. The van der Waals surface area contributed by atoms with Crippen LogP contribution in [0.5, 0.6) is 0 Å². The fourth-order valence-corrected chi connectivity index (χ4v) is 2.42. The second kappa shape index (κ2) is 6.58. The number of hydrogen-bond acceptors (Lipinski definition) is 7. The van der Waals surface area contributed by atoms with E-state index in [-0.39, 0.29) is 15.7 Å². The summed E-state index contributed by atoms with van der Waals surface area (Å²) in [6, 6.07) is 0. The van der Waals surface area contributed by atoms with E-state index in [1.807, 2.05) is 0 Å². The van der Waals surface area contributed by atoms with Gasteiger partial charge in [-0.25, -0.2) is 4.98 Å². The molecule has 0 aliphatic rings. The maximum absolute atomic E-state index is 13.1. The zero-order valence-corrected chi connectivity index (χ0v) is 12.6. The normalized spacial score (nSPS) is 12.3. The Labute approximate surface area is 123 Å². The number of rotatable bonds is 6. The minimum absolute atomic E-state index is 0.0501. The summed E-state index contributed by atoms with van der Waals surface area (Å²) in [5.74, 6) is 4.39. The third-order valence-electron chi connectivity index (χ3n) is 2.80. The molecule has 1 heterocycles. The van der Waals surface area contributed by atoms with Crippen molar-refractivity contribution in [1.82, 2.24) is 4.98 Å². The highest BCUT2D eigenvalue weighted by atomic mass is 32.1. The van der Waals surface area contributed by atoms with E-state index in [9.17, 15) is 13.2 Å². The fraction of sp³-hybridized carbons (Fsp3) is 0.636. The Morgan fingerprint density at radius 2 is 2.05 bits per heavy atom. The Balaban J connectivity index is 3.16. The van der Waals surface area contributed by atoms with Crippen molar-refractivity contribution in [3.8, 4) is 0 Å². The van der Waals surface area contributed by atoms with Gasteiger partial charge in [0.1, 0.15) is 15.4 Å². The quantitative estimate of drug-likeness (QED) is 0.323. The van der Waals surface area contributed by atoms with Crippen LogP contribution >= 0.6 is 11.3 Å². The molecule has 1 aromatic rings. The van der Waals surface area contributed by atoms with E-state index in [2.05, 4.69) is 15.1 Å². The minimum Gasteiger partial charge on any atom is -0.389 e. The highest BCUT2D eigenvalue weighted by Gasteiger charge is 2.51. The monoisotopic (exact) mass is 326 g/mol. The zero-order valence-electron chi connectivity index (χ0n) is 11.8. The predicted molar refractivity (Wildman–Crippen MR) is 73.7 cm³/mol. The molecule has 0 unspecified atom stereocenters. The first-order chi connectivity index (χ1) is 9.65. The van der Waals surface area contributed by atoms with E-state index >= 15 is 0 Å². The van der Waals surface area contributed by atoms with Crippen molar-refractivity contribution in [2.45, 2.75) is 25.4 Å². The van der Waals surface area contributed by atoms with Crippen LogP contribution in [0.1, 0.15) is 24.5 Å². The van der Waals surface area contributed by atoms with Crippen molar-refractivity contribution in [3.63, 3.8) is 0 Å². The highest BCUT2D eigenvalue weighted by Crippen LogP contribution is 2.43. The molecule has 0 bridgehead atoms. The van der Waals surface area contributed by atoms with E-state index in [0.717, 1.165) is 25.2 Å². The molecule has 0 saturated heterocycles. The maximum atomic E-state index is 13.1. The summed E-state index contributed by atoms with van der Waals surface area (Å²) in [6.45, 7) is 2.77. The van der Waals surface area contributed by atoms with Crippen LogP contribution < -0.4 is 11.2 Å². The second-order valence-corrected chi connectivity index (χ2v) is 5.69. The summed E-state index contributed by atoms with van der Waals surface area (Å²) in [7, 11) is 1.50. The molecular formula is C11H17F3N4O2S. The van der Waals surface area contributed by atoms with Gasteiger partial charge in [-0.2, -0.15) is 19.1 Å². The summed E-state index contributed by atoms with van der Waals surface area (Å²) in [6.07, 6.45) is -4.46. The number of aromatic nitrogens is 1. The third kappa shape index (κ3) is 3.83. The van der Waals surface area contributed by atoms with Crippen LogP contribution in [0.3, 0.4) is 0 Å². The van der Waals surface area contributed by atoms with Gasteiger partial charge < -0.3 is 14.9 Å². The molecule has 0 fully saturated rings. The first kappa shape index (κ1) is 17.7. The Morgan fingerprint density at radius 3 is 2.52 bits per heavy atom. The molecule has 21 heavy (non-hydrogen) atoms. The number of nitrogens with one attached hydrogen (secondary N) is 2. The van der Waals surface area contributed by atoms with Crippen molar-refractivity contribution in [3.05, 3.63) is 10.7 Å². The SMILES string of the molecule is COCCNc1sc(C(C)(C)C(F)(F)F)nc1C(=N)ON. The van der Waals surface area contributed by atoms with Crippen LogP contribution in [0.15, 0.2) is 0 Å². The largest absolute Gasteiger partial charge is 0.400 e. The van der Waals surface area contributed by atoms with Crippen LogP contribution in [-0.2, 0) is 15.0 Å². The average Bonchev–Trinajstić information content (AvgIpc) is 2.81. The number of alkyl halides is 3. The van der Waals surface area contributed by atoms with Gasteiger partial charge in [0.05, 0.1) is 6.61 Å². The lowest BCUT2D eigenvalue weighted by molar-refractivity contribution is -0.180. The van der Waals surface area contributed by atoms with E-state index in [1.54, 1.807) is 0 Å². The lowest BCUT2D eigenvalue weighted by Gasteiger charge is -2.24. The molecule has 0 aliphatic heterocycles. The molecule has 120 valence electrons. The molecule has 0 atom stereocenters. The molecule has 0 amide bonds. The Morgan fingerprint density at radius 1 is 1.43 bits per heavy atom. The lowest BCUT2D eigenvalue weighted by atomic mass is 9.94. The standard InChI is InChI=1S/C11H17F3N4O2S/c1-10(2,11(12,13)14)9-18-6(7(15)20-16)8(21-9)17-4-5-19-3/h15,17H,4-5,16H2,1-3H3. The summed E-state index contributed by atoms with van der Waals surface area (Å²) >= 11 is 0.813. The van der Waals surface area contributed by atoms with Gasteiger partial charge in [0.2, 0.25) is 0 Å². The molecule has 0 spiro atoms. The molecule has 0 saturated carbocycles. The van der Waals surface area contributed by atoms with Gasteiger partial charge in [0.25, 0.3) is 5.90 Å². The van der Waals surface area contributed by atoms with Crippen LogP contribution in [-0.4, -0.2) is 37.3 Å². The Hall–Kier alpha value is -1.39. The summed E-state index contributed by atoms with van der Waals surface area (Å²) in [4.78, 5) is 8.13. The van der Waals surface area contributed by atoms with Crippen molar-refractivity contribution < 1.29 is 22.7 Å². The molecule has 0 aliphatic carbocycles. The fourth-order valence-electron chi connectivity index (χ4n) is 1.30. The topological polar surface area (TPSA) is 93.2 Å². The number of halogens is 3. The summed E-state index contributed by atoms with van der Waals surface area (Å²) in [5.41, 5.74) is -2.19. The molecule has 1 rings (SSSR count). The van der Waals surface area contributed by atoms with E-state index in [4.69, 9.17) is 16.0 Å². The number of nitrogens with zero attached hydrogens (tertiary/aromatic N) is 1. The summed E-state index contributed by atoms with van der Waals surface area (Å²) in [5, 5.41) is 10.5. The predicted octanol–water partition coefficient (Wildman–Crippen LogP) is 2.26. The molecule has 4 N–H and O–H groups in total. The first-order valence-corrected chi connectivity index (χ1v) is 6.73. The zero-order chi connectivity index (χ0) is 16.3. The number of nitrogens with two attached hydrogens (primary N) is 1. The number of anilines is 1. The maximum Gasteiger partial charge on any atom is 0.400 e. The van der Waals surface area contributed by atoms with Crippen LogP contribution in [0.25, 0.3) is 0 Å². The second-order valence-electron chi connectivity index (χ2n) is 4.69. The number of ether oxygens (including phenoxy) is 1. The highest BCUT2D eigenvalue weighted by molar-refractivity contribution is 7.16. The third-order valence-corrected chi connectivity index (χ3v) is 4.13. The van der Waals surface area contributed by atoms with E-state index in [0.29, 0.717) is 13.2 Å². The molecule has 0 aromatic carbocycles. The molecule has 6 nitrogen and oxygen atoms in total. The molecule has 0 radical (unpaired) electrons. The van der Waals surface area contributed by atoms with Gasteiger partial charge in [0, 0.05) is 13.7 Å². The molecular weight excluding hydrogens is 309 g/mol. The Kier molecular flexibility index (Phi) is 5.54. The number of hydrogen-bond donors (Lipinski definition) is 3. The van der Waals surface area contributed by atoms with Crippen molar-refractivity contribution >= 4 is 22.2 Å². The van der Waals surface area contributed by atoms with Crippen LogP contribution in [0, 0.1) is 5.41 Å². The van der Waals surface area contributed by atoms with Crippen LogP contribution in [0.2, 0.25) is 0 Å². The van der Waals surface area contributed by atoms with Gasteiger partial charge in [-0.15, -0.1) is 0 Å². The van der Waals surface area contributed by atoms with Crippen LogP contribution in [0.4, 0.5) is 18.2 Å². The number of methoxy groups -OCH3 is 1. The van der Waals surface area contributed by atoms with Gasteiger partial charge in [-0.3, -0.25) is 5.41 Å². The van der Waals surface area contributed by atoms with Gasteiger partial charge in [0.15, 0.2) is 5.69 Å². The van der Waals surface area contributed by atoms with Crippen molar-refractivity contribution in [2.75, 3.05) is 25.6 Å². The van der Waals surface area contributed by atoms with Crippen molar-refractivity contribution in [1.29, 1.82) is 5.41 Å². The average molecular weight is 326 g/mol. The van der Waals surface area contributed by atoms with Gasteiger partial charge >= 0.3 is 6.18 Å². The number of thiazole rings is 1. The first-order valence-electron chi connectivity index (χ1n) is 5.91. The van der Waals surface area contributed by atoms with E-state index < -0.39 is 17.5 Å². The molecule has 10 heteroatoms. The van der Waals surface area contributed by atoms with Gasteiger partial charge in [-0.05, 0) is 13.8 Å². The lowest BCUT2D eigenvalue weighted by Crippen LogP contribution is -2.36.